The topological polar surface area (TPSA) is 41.5 Å². The minimum absolute atomic E-state index is 0.721. The molecule has 0 bridgehead atoms. The largest absolute Gasteiger partial charge is 0.474 e. The highest BCUT2D eigenvalue weighted by atomic mass is 32.1. The maximum Gasteiger partial charge on any atom is 0.270 e. The molecule has 1 aromatic heterocycles. The van der Waals surface area contributed by atoms with Crippen LogP contribution in [0.4, 0.5) is 5.82 Å². The quantitative estimate of drug-likeness (QED) is 0.738. The first-order valence-corrected chi connectivity index (χ1v) is 7.50. The molecule has 1 aliphatic rings. The molecule has 1 aliphatic heterocycles. The Balaban J connectivity index is 1.90. The maximum atomic E-state index is 5.71. The second kappa shape index (κ2) is 6.89. The molecule has 6 heteroatoms. The molecule has 1 fully saturated rings. The van der Waals surface area contributed by atoms with Crippen molar-refractivity contribution in [2.24, 2.45) is 0 Å². The second-order valence-corrected chi connectivity index (χ2v) is 5.04. The summed E-state index contributed by atoms with van der Waals surface area (Å²) in [6.07, 6.45) is 2.21. The first-order valence-electron chi connectivity index (χ1n) is 6.77. The van der Waals surface area contributed by atoms with Gasteiger partial charge in [0.25, 0.3) is 5.88 Å². The van der Waals surface area contributed by atoms with Crippen molar-refractivity contribution in [2.75, 3.05) is 44.2 Å². The van der Waals surface area contributed by atoms with E-state index in [9.17, 15) is 0 Å². The van der Waals surface area contributed by atoms with Crippen LogP contribution in [0.1, 0.15) is 26.7 Å². The van der Waals surface area contributed by atoms with E-state index in [4.69, 9.17) is 4.74 Å². The van der Waals surface area contributed by atoms with Crippen LogP contribution in [0.2, 0.25) is 0 Å². The SMILES string of the molecule is CCCCOc1nsnc1N1CCN(CC)CC1. The summed E-state index contributed by atoms with van der Waals surface area (Å²) in [6, 6.07) is 0. The molecule has 102 valence electrons. The van der Waals surface area contributed by atoms with Crippen molar-refractivity contribution in [3.8, 4) is 5.88 Å². The molecule has 2 rings (SSSR count). The molecule has 0 N–H and O–H groups in total. The van der Waals surface area contributed by atoms with E-state index in [-0.39, 0.29) is 0 Å². The van der Waals surface area contributed by atoms with E-state index in [1.165, 1.54) is 11.7 Å². The van der Waals surface area contributed by atoms with Gasteiger partial charge < -0.3 is 14.5 Å². The fourth-order valence-corrected chi connectivity index (χ4v) is 2.57. The average molecular weight is 270 g/mol. The first-order chi connectivity index (χ1) is 8.85. The molecule has 5 nitrogen and oxygen atoms in total. The molecule has 0 amide bonds. The Morgan fingerprint density at radius 2 is 1.94 bits per heavy atom. The van der Waals surface area contributed by atoms with Crippen molar-refractivity contribution in [1.82, 2.24) is 13.6 Å². The Labute approximate surface area is 113 Å². The zero-order valence-electron chi connectivity index (χ0n) is 11.3. The van der Waals surface area contributed by atoms with Gasteiger partial charge in [-0.25, -0.2) is 0 Å². The van der Waals surface area contributed by atoms with Crippen LogP contribution in [0.3, 0.4) is 0 Å². The summed E-state index contributed by atoms with van der Waals surface area (Å²) in [5, 5.41) is 0. The number of hydrogen-bond acceptors (Lipinski definition) is 6. The Kier molecular flexibility index (Phi) is 5.19. The molecule has 0 atom stereocenters. The molecule has 18 heavy (non-hydrogen) atoms. The lowest BCUT2D eigenvalue weighted by Crippen LogP contribution is -2.46. The van der Waals surface area contributed by atoms with Crippen molar-refractivity contribution >= 4 is 17.5 Å². The normalized spacial score (nSPS) is 17.1. The molecular formula is C12H22N4OS. The fraction of sp³-hybridized carbons (Fsp3) is 0.833. The number of aromatic nitrogens is 2. The highest BCUT2D eigenvalue weighted by Gasteiger charge is 2.21. The number of rotatable bonds is 6. The third kappa shape index (κ3) is 3.32. The third-order valence-corrected chi connectivity index (χ3v) is 3.80. The molecule has 1 saturated heterocycles. The minimum Gasteiger partial charge on any atom is -0.474 e. The zero-order valence-corrected chi connectivity index (χ0v) is 12.1. The predicted molar refractivity (Wildman–Crippen MR) is 74.6 cm³/mol. The lowest BCUT2D eigenvalue weighted by atomic mass is 10.3. The van der Waals surface area contributed by atoms with Crippen LogP contribution in [0.25, 0.3) is 0 Å². The summed E-state index contributed by atoms with van der Waals surface area (Å²) in [5.74, 6) is 1.66. The lowest BCUT2D eigenvalue weighted by molar-refractivity contribution is 0.266. The highest BCUT2D eigenvalue weighted by Crippen LogP contribution is 2.26. The Hall–Kier alpha value is -0.880. The van der Waals surface area contributed by atoms with Crippen LogP contribution in [0, 0.1) is 0 Å². The number of nitrogens with zero attached hydrogens (tertiary/aromatic N) is 4. The van der Waals surface area contributed by atoms with E-state index in [0.717, 1.165) is 63.9 Å². The number of unbranched alkanes of at least 4 members (excludes halogenated alkanes) is 1. The second-order valence-electron chi connectivity index (χ2n) is 4.52. The minimum atomic E-state index is 0.721. The van der Waals surface area contributed by atoms with Crippen LogP contribution in [0.5, 0.6) is 5.88 Å². The highest BCUT2D eigenvalue weighted by molar-refractivity contribution is 6.99. The molecule has 0 aliphatic carbocycles. The van der Waals surface area contributed by atoms with Crippen LogP contribution in [-0.2, 0) is 0 Å². The van der Waals surface area contributed by atoms with Crippen molar-refractivity contribution in [2.45, 2.75) is 26.7 Å². The van der Waals surface area contributed by atoms with E-state index >= 15 is 0 Å². The predicted octanol–water partition coefficient (Wildman–Crippen LogP) is 1.86. The zero-order chi connectivity index (χ0) is 12.8. The number of likely N-dealkylation sites (N-methyl/N-ethyl adjacent to an activating group) is 1. The Morgan fingerprint density at radius 3 is 2.61 bits per heavy atom. The van der Waals surface area contributed by atoms with E-state index in [2.05, 4.69) is 32.4 Å². The molecule has 0 aromatic carbocycles. The van der Waals surface area contributed by atoms with Gasteiger partial charge in [-0.2, -0.15) is 4.37 Å². The summed E-state index contributed by atoms with van der Waals surface area (Å²) in [4.78, 5) is 4.74. The van der Waals surface area contributed by atoms with E-state index < -0.39 is 0 Å². The van der Waals surface area contributed by atoms with Gasteiger partial charge >= 0.3 is 0 Å². The van der Waals surface area contributed by atoms with Crippen molar-refractivity contribution in [1.29, 1.82) is 0 Å². The van der Waals surface area contributed by atoms with Gasteiger partial charge in [-0.3, -0.25) is 0 Å². The van der Waals surface area contributed by atoms with Crippen molar-refractivity contribution in [3.05, 3.63) is 0 Å². The Bertz CT molecular complexity index is 350. The summed E-state index contributed by atoms with van der Waals surface area (Å²) in [7, 11) is 0. The third-order valence-electron chi connectivity index (χ3n) is 3.30. The van der Waals surface area contributed by atoms with Crippen LogP contribution >= 0.6 is 11.7 Å². The summed E-state index contributed by atoms with van der Waals surface area (Å²) < 4.78 is 14.3. The monoisotopic (exact) mass is 270 g/mol. The maximum absolute atomic E-state index is 5.71. The lowest BCUT2D eigenvalue weighted by Gasteiger charge is -2.34. The summed E-state index contributed by atoms with van der Waals surface area (Å²) in [6.45, 7) is 10.5. The molecule has 0 saturated carbocycles. The van der Waals surface area contributed by atoms with Gasteiger partial charge in [-0.1, -0.05) is 20.3 Å². The van der Waals surface area contributed by atoms with Gasteiger partial charge in [0.1, 0.15) is 0 Å². The van der Waals surface area contributed by atoms with E-state index in [1.807, 2.05) is 0 Å². The summed E-state index contributed by atoms with van der Waals surface area (Å²) in [5.41, 5.74) is 0. The van der Waals surface area contributed by atoms with Gasteiger partial charge in [0, 0.05) is 26.2 Å². The number of piperazine rings is 1. The molecular weight excluding hydrogens is 248 g/mol. The van der Waals surface area contributed by atoms with Gasteiger partial charge in [0.05, 0.1) is 18.3 Å². The van der Waals surface area contributed by atoms with Gasteiger partial charge in [-0.15, -0.1) is 4.37 Å². The summed E-state index contributed by atoms with van der Waals surface area (Å²) >= 11 is 1.24. The smallest absolute Gasteiger partial charge is 0.270 e. The van der Waals surface area contributed by atoms with Crippen LogP contribution in [0.15, 0.2) is 0 Å². The number of hydrogen-bond donors (Lipinski definition) is 0. The average Bonchev–Trinajstić information content (AvgIpc) is 2.88. The van der Waals surface area contributed by atoms with Crippen molar-refractivity contribution in [3.63, 3.8) is 0 Å². The van der Waals surface area contributed by atoms with Gasteiger partial charge in [-0.05, 0) is 13.0 Å². The fourth-order valence-electron chi connectivity index (χ4n) is 2.05. The molecule has 0 radical (unpaired) electrons. The molecule has 1 aromatic rings. The number of ether oxygens (including phenoxy) is 1. The number of anilines is 1. The first kappa shape index (κ1) is 13.5. The van der Waals surface area contributed by atoms with E-state index in [0.29, 0.717) is 0 Å². The van der Waals surface area contributed by atoms with Crippen molar-refractivity contribution < 1.29 is 4.74 Å². The van der Waals surface area contributed by atoms with Gasteiger partial charge in [0.2, 0.25) is 5.82 Å². The molecule has 0 spiro atoms. The van der Waals surface area contributed by atoms with Gasteiger partial charge in [0.15, 0.2) is 0 Å². The standard InChI is InChI=1S/C12H22N4OS/c1-3-5-10-17-12-11(13-18-14-12)16-8-6-15(4-2)7-9-16/h3-10H2,1-2H3. The molecule has 2 heterocycles. The van der Waals surface area contributed by atoms with Crippen LogP contribution < -0.4 is 9.64 Å². The Morgan fingerprint density at radius 1 is 1.17 bits per heavy atom. The van der Waals surface area contributed by atoms with E-state index in [1.54, 1.807) is 0 Å². The molecule has 0 unspecified atom stereocenters. The van der Waals surface area contributed by atoms with Crippen LogP contribution in [-0.4, -0.2) is 53.0 Å².